The number of nitrogens with zero attached hydrogens (tertiary/aromatic N) is 4. The first kappa shape index (κ1) is 15.0. The average molecular weight is 292 g/mol. The molecule has 0 N–H and O–H groups in total. The van der Waals surface area contributed by atoms with Crippen molar-refractivity contribution in [3.8, 4) is 0 Å². The lowest BCUT2D eigenvalue weighted by Crippen LogP contribution is -2.36. The van der Waals surface area contributed by atoms with Gasteiger partial charge in [0.1, 0.15) is 0 Å². The Bertz CT molecular complexity index is 489. The zero-order chi connectivity index (χ0) is 15.0. The molecule has 1 saturated heterocycles. The molecule has 0 unspecified atom stereocenters. The monoisotopic (exact) mass is 292 g/mol. The number of hydrogen-bond donors (Lipinski definition) is 0. The maximum absolute atomic E-state index is 5.45. The molecule has 0 amide bonds. The van der Waals surface area contributed by atoms with Gasteiger partial charge in [0.15, 0.2) is 0 Å². The minimum absolute atomic E-state index is 0.435. The SMILES string of the molecule is CC(C)N1Cc2c(CN3CCOCC3)nn(C(C)C)c2C1. The van der Waals surface area contributed by atoms with E-state index in [1.165, 1.54) is 17.0 Å². The lowest BCUT2D eigenvalue weighted by molar-refractivity contribution is 0.0333. The van der Waals surface area contributed by atoms with E-state index in [9.17, 15) is 0 Å². The van der Waals surface area contributed by atoms with Gasteiger partial charge in [0.2, 0.25) is 0 Å². The molecule has 0 aliphatic carbocycles. The van der Waals surface area contributed by atoms with Crippen LogP contribution in [0.4, 0.5) is 0 Å². The standard InChI is InChI=1S/C16H28N4O/c1-12(2)19-9-14-15(10-18-5-7-21-8-6-18)17-20(13(3)4)16(14)11-19/h12-13H,5-11H2,1-4H3. The molecule has 0 saturated carbocycles. The number of aromatic nitrogens is 2. The first-order chi connectivity index (χ1) is 10.1. The molecule has 1 aromatic heterocycles. The molecule has 0 atom stereocenters. The maximum Gasteiger partial charge on any atom is 0.0813 e. The zero-order valence-electron chi connectivity index (χ0n) is 13.8. The Hall–Kier alpha value is -0.910. The Morgan fingerprint density at radius 2 is 1.76 bits per heavy atom. The molecule has 0 radical (unpaired) electrons. The van der Waals surface area contributed by atoms with Crippen molar-refractivity contribution in [2.45, 2.75) is 59.4 Å². The molecule has 0 spiro atoms. The minimum Gasteiger partial charge on any atom is -0.379 e. The van der Waals surface area contributed by atoms with E-state index in [-0.39, 0.29) is 0 Å². The second-order valence-corrected chi connectivity index (χ2v) is 6.80. The zero-order valence-corrected chi connectivity index (χ0v) is 13.8. The molecular weight excluding hydrogens is 264 g/mol. The maximum atomic E-state index is 5.45. The average Bonchev–Trinajstić information content (AvgIpc) is 3.00. The number of hydrogen-bond acceptors (Lipinski definition) is 4. The van der Waals surface area contributed by atoms with Gasteiger partial charge in [0, 0.05) is 50.4 Å². The van der Waals surface area contributed by atoms with Crippen LogP contribution in [0.2, 0.25) is 0 Å². The molecule has 5 heteroatoms. The van der Waals surface area contributed by atoms with Crippen LogP contribution in [0.25, 0.3) is 0 Å². The highest BCUT2D eigenvalue weighted by atomic mass is 16.5. The Morgan fingerprint density at radius 1 is 1.05 bits per heavy atom. The van der Waals surface area contributed by atoms with Gasteiger partial charge in [-0.25, -0.2) is 0 Å². The number of morpholine rings is 1. The second-order valence-electron chi connectivity index (χ2n) is 6.80. The van der Waals surface area contributed by atoms with Crippen LogP contribution in [0, 0.1) is 0 Å². The summed E-state index contributed by atoms with van der Waals surface area (Å²) in [5.74, 6) is 0. The Kier molecular flexibility index (Phi) is 4.33. The van der Waals surface area contributed by atoms with Crippen molar-refractivity contribution in [1.82, 2.24) is 19.6 Å². The molecular formula is C16H28N4O. The molecule has 1 fully saturated rings. The summed E-state index contributed by atoms with van der Waals surface area (Å²) in [5, 5.41) is 4.93. The topological polar surface area (TPSA) is 33.5 Å². The first-order valence-electron chi connectivity index (χ1n) is 8.19. The summed E-state index contributed by atoms with van der Waals surface area (Å²) in [7, 11) is 0. The van der Waals surface area contributed by atoms with Crippen molar-refractivity contribution in [3.05, 3.63) is 17.0 Å². The largest absolute Gasteiger partial charge is 0.379 e. The molecule has 3 rings (SSSR count). The van der Waals surface area contributed by atoms with E-state index in [0.29, 0.717) is 12.1 Å². The predicted octanol–water partition coefficient (Wildman–Crippen LogP) is 2.02. The van der Waals surface area contributed by atoms with Crippen molar-refractivity contribution in [1.29, 1.82) is 0 Å². The smallest absolute Gasteiger partial charge is 0.0813 e. The molecule has 118 valence electrons. The number of rotatable bonds is 4. The summed E-state index contributed by atoms with van der Waals surface area (Å²) >= 11 is 0. The van der Waals surface area contributed by atoms with Crippen molar-refractivity contribution in [2.75, 3.05) is 26.3 Å². The predicted molar refractivity (Wildman–Crippen MR) is 83.1 cm³/mol. The molecule has 1 aromatic rings. The fourth-order valence-corrected chi connectivity index (χ4v) is 3.25. The third-order valence-electron chi connectivity index (χ3n) is 4.61. The van der Waals surface area contributed by atoms with Gasteiger partial charge in [0.05, 0.1) is 24.6 Å². The Labute approximate surface area is 127 Å². The van der Waals surface area contributed by atoms with Crippen molar-refractivity contribution >= 4 is 0 Å². The van der Waals surface area contributed by atoms with E-state index >= 15 is 0 Å². The summed E-state index contributed by atoms with van der Waals surface area (Å²) in [4.78, 5) is 5.00. The summed E-state index contributed by atoms with van der Waals surface area (Å²) in [6.45, 7) is 15.8. The Morgan fingerprint density at radius 3 is 2.38 bits per heavy atom. The van der Waals surface area contributed by atoms with E-state index in [4.69, 9.17) is 9.84 Å². The number of fused-ring (bicyclic) bond motifs is 1. The van der Waals surface area contributed by atoms with Crippen LogP contribution >= 0.6 is 0 Å². The summed E-state index contributed by atoms with van der Waals surface area (Å²) in [5.41, 5.74) is 4.19. The van der Waals surface area contributed by atoms with Crippen LogP contribution in [-0.2, 0) is 24.4 Å². The molecule has 2 aliphatic heterocycles. The fourth-order valence-electron chi connectivity index (χ4n) is 3.25. The van der Waals surface area contributed by atoms with Gasteiger partial charge < -0.3 is 4.74 Å². The first-order valence-corrected chi connectivity index (χ1v) is 8.19. The highest BCUT2D eigenvalue weighted by Crippen LogP contribution is 2.30. The van der Waals surface area contributed by atoms with Crippen molar-refractivity contribution in [2.24, 2.45) is 0 Å². The van der Waals surface area contributed by atoms with Gasteiger partial charge in [-0.1, -0.05) is 0 Å². The van der Waals surface area contributed by atoms with Crippen LogP contribution in [-0.4, -0.2) is 51.9 Å². The van der Waals surface area contributed by atoms with Gasteiger partial charge in [-0.05, 0) is 27.7 Å². The van der Waals surface area contributed by atoms with E-state index in [0.717, 1.165) is 45.9 Å². The van der Waals surface area contributed by atoms with Gasteiger partial charge in [-0.3, -0.25) is 14.5 Å². The van der Waals surface area contributed by atoms with Gasteiger partial charge in [-0.15, -0.1) is 0 Å². The van der Waals surface area contributed by atoms with Crippen LogP contribution in [0.15, 0.2) is 0 Å². The quantitative estimate of drug-likeness (QED) is 0.850. The van der Waals surface area contributed by atoms with E-state index in [1.807, 2.05) is 0 Å². The van der Waals surface area contributed by atoms with E-state index in [2.05, 4.69) is 42.2 Å². The molecule has 3 heterocycles. The molecule has 0 bridgehead atoms. The lowest BCUT2D eigenvalue weighted by atomic mass is 10.2. The summed E-state index contributed by atoms with van der Waals surface area (Å²) in [6, 6.07) is 1.03. The normalized spacial score (nSPS) is 20.7. The third-order valence-corrected chi connectivity index (χ3v) is 4.61. The fraction of sp³-hybridized carbons (Fsp3) is 0.812. The van der Waals surface area contributed by atoms with Crippen LogP contribution in [0.3, 0.4) is 0 Å². The molecule has 0 aromatic carbocycles. The van der Waals surface area contributed by atoms with Gasteiger partial charge in [0.25, 0.3) is 0 Å². The Balaban J connectivity index is 1.83. The van der Waals surface area contributed by atoms with E-state index < -0.39 is 0 Å². The van der Waals surface area contributed by atoms with Crippen LogP contribution < -0.4 is 0 Å². The molecule has 2 aliphatic rings. The molecule has 5 nitrogen and oxygen atoms in total. The van der Waals surface area contributed by atoms with Crippen LogP contribution in [0.1, 0.15) is 50.7 Å². The van der Waals surface area contributed by atoms with Gasteiger partial charge >= 0.3 is 0 Å². The lowest BCUT2D eigenvalue weighted by Gasteiger charge is -2.26. The van der Waals surface area contributed by atoms with Crippen LogP contribution in [0.5, 0.6) is 0 Å². The molecule has 21 heavy (non-hydrogen) atoms. The van der Waals surface area contributed by atoms with Crippen molar-refractivity contribution < 1.29 is 4.74 Å². The summed E-state index contributed by atoms with van der Waals surface area (Å²) in [6.07, 6.45) is 0. The highest BCUT2D eigenvalue weighted by Gasteiger charge is 2.30. The summed E-state index contributed by atoms with van der Waals surface area (Å²) < 4.78 is 7.69. The second kappa shape index (κ2) is 6.07. The number of ether oxygens (including phenoxy) is 1. The highest BCUT2D eigenvalue weighted by molar-refractivity contribution is 5.30. The minimum atomic E-state index is 0.435. The van der Waals surface area contributed by atoms with Crippen molar-refractivity contribution in [3.63, 3.8) is 0 Å². The van der Waals surface area contributed by atoms with E-state index in [1.54, 1.807) is 0 Å². The third kappa shape index (κ3) is 3.00. The van der Waals surface area contributed by atoms with Gasteiger partial charge in [-0.2, -0.15) is 5.10 Å².